The van der Waals surface area contributed by atoms with Gasteiger partial charge in [-0.3, -0.25) is 4.90 Å². The lowest BCUT2D eigenvalue weighted by Crippen LogP contribution is -2.49. The van der Waals surface area contributed by atoms with Gasteiger partial charge in [0, 0.05) is 43.2 Å². The van der Waals surface area contributed by atoms with Crippen molar-refractivity contribution in [1.82, 2.24) is 9.21 Å². The second kappa shape index (κ2) is 5.96. The first-order chi connectivity index (χ1) is 10.0. The highest BCUT2D eigenvalue weighted by Crippen LogP contribution is 2.30. The van der Waals surface area contributed by atoms with Gasteiger partial charge in [-0.1, -0.05) is 6.07 Å². The molecular weight excluding hydrogens is 354 g/mol. The van der Waals surface area contributed by atoms with Gasteiger partial charge in [-0.2, -0.15) is 4.31 Å². The van der Waals surface area contributed by atoms with Crippen LogP contribution in [0.2, 0.25) is 0 Å². The molecule has 0 spiro atoms. The van der Waals surface area contributed by atoms with Crippen LogP contribution in [0, 0.1) is 0 Å². The van der Waals surface area contributed by atoms with Gasteiger partial charge in [0.1, 0.15) is 0 Å². The Hall–Kier alpha value is -0.470. The molecule has 1 saturated heterocycles. The highest BCUT2D eigenvalue weighted by atomic mass is 79.9. The molecule has 0 aromatic heterocycles. The minimum atomic E-state index is -3.43. The van der Waals surface area contributed by atoms with E-state index >= 15 is 0 Å². The zero-order valence-electron chi connectivity index (χ0n) is 11.8. The standard InChI is InChI=1S/C14H20BrN3O2S/c15-13-9-11(10-16)1-4-14(13)21(19,20)18-7-5-17(6-8-18)12-2-3-12/h1,4,9,12H,2-3,5-8,10,16H2. The number of nitrogens with two attached hydrogens (primary N) is 1. The fourth-order valence-corrected chi connectivity index (χ4v) is 5.28. The van der Waals surface area contributed by atoms with Gasteiger partial charge in [0.15, 0.2) is 0 Å². The summed E-state index contributed by atoms with van der Waals surface area (Å²) in [5.41, 5.74) is 6.50. The Morgan fingerprint density at radius 3 is 2.38 bits per heavy atom. The van der Waals surface area contributed by atoms with Crippen LogP contribution in [0.4, 0.5) is 0 Å². The van der Waals surface area contributed by atoms with Gasteiger partial charge >= 0.3 is 0 Å². The van der Waals surface area contributed by atoms with E-state index in [2.05, 4.69) is 20.8 Å². The van der Waals surface area contributed by atoms with Gasteiger partial charge in [-0.25, -0.2) is 8.42 Å². The van der Waals surface area contributed by atoms with Crippen LogP contribution < -0.4 is 5.73 Å². The first-order valence-electron chi connectivity index (χ1n) is 7.25. The van der Waals surface area contributed by atoms with Crippen molar-refractivity contribution in [2.24, 2.45) is 5.73 Å². The molecule has 116 valence electrons. The van der Waals surface area contributed by atoms with E-state index < -0.39 is 10.0 Å². The predicted octanol–water partition coefficient (Wildman–Crippen LogP) is 1.38. The zero-order valence-corrected chi connectivity index (χ0v) is 14.2. The molecule has 7 heteroatoms. The molecule has 0 atom stereocenters. The number of benzene rings is 1. The summed E-state index contributed by atoms with van der Waals surface area (Å²) >= 11 is 3.36. The zero-order chi connectivity index (χ0) is 15.0. The molecule has 1 aromatic rings. The fourth-order valence-electron chi connectivity index (χ4n) is 2.77. The Balaban J connectivity index is 1.77. The smallest absolute Gasteiger partial charge is 0.244 e. The summed E-state index contributed by atoms with van der Waals surface area (Å²) in [7, 11) is -3.43. The molecule has 2 fully saturated rings. The topological polar surface area (TPSA) is 66.6 Å². The lowest BCUT2D eigenvalue weighted by Gasteiger charge is -2.34. The van der Waals surface area contributed by atoms with E-state index in [9.17, 15) is 8.42 Å². The van der Waals surface area contributed by atoms with E-state index in [1.165, 1.54) is 12.8 Å². The van der Waals surface area contributed by atoms with Crippen molar-refractivity contribution in [2.45, 2.75) is 30.3 Å². The first-order valence-corrected chi connectivity index (χ1v) is 9.48. The molecule has 5 nitrogen and oxygen atoms in total. The monoisotopic (exact) mass is 373 g/mol. The van der Waals surface area contributed by atoms with Crippen LogP contribution in [0.15, 0.2) is 27.6 Å². The molecule has 2 aliphatic rings. The predicted molar refractivity (Wildman–Crippen MR) is 85.4 cm³/mol. The SMILES string of the molecule is NCc1ccc(S(=O)(=O)N2CCN(C3CC3)CC2)c(Br)c1. The van der Waals surface area contributed by atoms with Gasteiger partial charge in [0.25, 0.3) is 0 Å². The van der Waals surface area contributed by atoms with E-state index in [4.69, 9.17) is 5.73 Å². The molecule has 1 aliphatic carbocycles. The minimum absolute atomic E-state index is 0.333. The van der Waals surface area contributed by atoms with Crippen LogP contribution in [-0.4, -0.2) is 49.8 Å². The van der Waals surface area contributed by atoms with Crippen LogP contribution in [-0.2, 0) is 16.6 Å². The van der Waals surface area contributed by atoms with Crippen molar-refractivity contribution in [3.05, 3.63) is 28.2 Å². The van der Waals surface area contributed by atoms with Gasteiger partial charge in [0.2, 0.25) is 10.0 Å². The third-order valence-corrected chi connectivity index (χ3v) is 7.06. The fraction of sp³-hybridized carbons (Fsp3) is 0.571. The van der Waals surface area contributed by atoms with E-state index in [0.29, 0.717) is 35.0 Å². The van der Waals surface area contributed by atoms with Crippen LogP contribution in [0.5, 0.6) is 0 Å². The largest absolute Gasteiger partial charge is 0.326 e. The summed E-state index contributed by atoms with van der Waals surface area (Å²) in [5.74, 6) is 0. The number of piperazine rings is 1. The van der Waals surface area contributed by atoms with Crippen LogP contribution >= 0.6 is 15.9 Å². The second-order valence-electron chi connectivity index (χ2n) is 5.64. The summed E-state index contributed by atoms with van der Waals surface area (Å²) in [4.78, 5) is 2.73. The third kappa shape index (κ3) is 3.17. The molecule has 1 heterocycles. The quantitative estimate of drug-likeness (QED) is 0.865. The Morgan fingerprint density at radius 1 is 1.19 bits per heavy atom. The van der Waals surface area contributed by atoms with Crippen molar-refractivity contribution in [3.8, 4) is 0 Å². The van der Waals surface area contributed by atoms with E-state index in [0.717, 1.165) is 18.7 Å². The van der Waals surface area contributed by atoms with Gasteiger partial charge in [-0.05, 0) is 46.5 Å². The Labute approximate surface area is 134 Å². The van der Waals surface area contributed by atoms with E-state index in [1.807, 2.05) is 0 Å². The minimum Gasteiger partial charge on any atom is -0.326 e. The molecule has 1 saturated carbocycles. The normalized spacial score (nSPS) is 21.6. The maximum Gasteiger partial charge on any atom is 0.244 e. The third-order valence-electron chi connectivity index (χ3n) is 4.19. The maximum absolute atomic E-state index is 12.7. The Morgan fingerprint density at radius 2 is 1.86 bits per heavy atom. The van der Waals surface area contributed by atoms with Crippen molar-refractivity contribution in [3.63, 3.8) is 0 Å². The molecule has 1 aliphatic heterocycles. The van der Waals surface area contributed by atoms with Gasteiger partial charge in [0.05, 0.1) is 4.90 Å². The molecule has 1 aromatic carbocycles. The lowest BCUT2D eigenvalue weighted by atomic mass is 10.2. The number of halogens is 1. The van der Waals surface area contributed by atoms with Crippen LogP contribution in [0.3, 0.4) is 0 Å². The van der Waals surface area contributed by atoms with Crippen molar-refractivity contribution >= 4 is 26.0 Å². The average molecular weight is 374 g/mol. The average Bonchev–Trinajstić information content (AvgIpc) is 3.31. The number of hydrogen-bond acceptors (Lipinski definition) is 4. The number of rotatable bonds is 4. The number of sulfonamides is 1. The summed E-state index contributed by atoms with van der Waals surface area (Å²) in [5, 5.41) is 0. The highest BCUT2D eigenvalue weighted by molar-refractivity contribution is 9.10. The molecule has 21 heavy (non-hydrogen) atoms. The van der Waals surface area contributed by atoms with Crippen LogP contribution in [0.1, 0.15) is 18.4 Å². The molecule has 0 radical (unpaired) electrons. The van der Waals surface area contributed by atoms with Crippen molar-refractivity contribution in [1.29, 1.82) is 0 Å². The summed E-state index contributed by atoms with van der Waals surface area (Å²) in [6.07, 6.45) is 2.53. The molecule has 3 rings (SSSR count). The summed E-state index contributed by atoms with van der Waals surface area (Å²) in [6.45, 7) is 3.22. The van der Waals surface area contributed by atoms with Crippen molar-refractivity contribution < 1.29 is 8.42 Å². The Kier molecular flexibility index (Phi) is 4.38. The van der Waals surface area contributed by atoms with Gasteiger partial charge < -0.3 is 5.73 Å². The van der Waals surface area contributed by atoms with E-state index in [-0.39, 0.29) is 0 Å². The lowest BCUT2D eigenvalue weighted by molar-refractivity contribution is 0.180. The van der Waals surface area contributed by atoms with Gasteiger partial charge in [-0.15, -0.1) is 0 Å². The molecule has 2 N–H and O–H groups in total. The molecular formula is C14H20BrN3O2S. The molecule has 0 bridgehead atoms. The molecule has 0 unspecified atom stereocenters. The highest BCUT2D eigenvalue weighted by Gasteiger charge is 2.35. The first kappa shape index (κ1) is 15.4. The van der Waals surface area contributed by atoms with E-state index in [1.54, 1.807) is 22.5 Å². The number of nitrogens with zero attached hydrogens (tertiary/aromatic N) is 2. The number of hydrogen-bond donors (Lipinski definition) is 1. The van der Waals surface area contributed by atoms with Crippen LogP contribution in [0.25, 0.3) is 0 Å². The second-order valence-corrected chi connectivity index (χ2v) is 8.40. The molecule has 0 amide bonds. The maximum atomic E-state index is 12.7. The summed E-state index contributed by atoms with van der Waals surface area (Å²) < 4.78 is 27.7. The van der Waals surface area contributed by atoms with Crippen molar-refractivity contribution in [2.75, 3.05) is 26.2 Å². The Bertz CT molecular complexity index is 623. The summed E-state index contributed by atoms with van der Waals surface area (Å²) in [6, 6.07) is 5.91.